The third-order valence-corrected chi connectivity index (χ3v) is 3.93. The van der Waals surface area contributed by atoms with Crippen molar-refractivity contribution in [2.75, 3.05) is 7.05 Å². The Kier molecular flexibility index (Phi) is 3.81. The van der Waals surface area contributed by atoms with Crippen LogP contribution in [-0.2, 0) is 17.9 Å². The van der Waals surface area contributed by atoms with Gasteiger partial charge < -0.3 is 4.90 Å². The molecule has 0 aliphatic heterocycles. The van der Waals surface area contributed by atoms with E-state index in [1.807, 2.05) is 48.5 Å². The highest BCUT2D eigenvalue weighted by Gasteiger charge is 2.13. The molecule has 0 saturated carbocycles. The maximum Gasteiger partial charge on any atom is 0.246 e. The van der Waals surface area contributed by atoms with Gasteiger partial charge in [-0.25, -0.2) is 4.98 Å². The van der Waals surface area contributed by atoms with E-state index in [0.717, 1.165) is 27.8 Å². The molecule has 0 radical (unpaired) electrons. The van der Waals surface area contributed by atoms with Crippen molar-refractivity contribution >= 4 is 28.0 Å². The van der Waals surface area contributed by atoms with Crippen LogP contribution < -0.4 is 0 Å². The van der Waals surface area contributed by atoms with Crippen molar-refractivity contribution in [2.24, 2.45) is 0 Å². The molecule has 0 aliphatic carbocycles. The Balaban J connectivity index is 1.47. The first-order valence-electron chi connectivity index (χ1n) is 7.93. The molecule has 1 amide bonds. The van der Waals surface area contributed by atoms with Gasteiger partial charge in [-0.2, -0.15) is 15.0 Å². The quantitative estimate of drug-likeness (QED) is 0.571. The highest BCUT2D eigenvalue weighted by Crippen LogP contribution is 2.10. The summed E-state index contributed by atoms with van der Waals surface area (Å²) in [6.07, 6.45) is 1.70. The maximum atomic E-state index is 12.4. The molecule has 4 aromatic rings. The third-order valence-electron chi connectivity index (χ3n) is 3.93. The first-order chi connectivity index (χ1) is 12.2. The number of aromatic nitrogens is 5. The van der Waals surface area contributed by atoms with Crippen molar-refractivity contribution < 1.29 is 4.79 Å². The van der Waals surface area contributed by atoms with Crippen LogP contribution in [0.1, 0.15) is 5.69 Å². The summed E-state index contributed by atoms with van der Waals surface area (Å²) in [5.74, 6) is -0.0877. The smallest absolute Gasteiger partial charge is 0.246 e. The largest absolute Gasteiger partial charge is 0.338 e. The van der Waals surface area contributed by atoms with Crippen LogP contribution in [0, 0.1) is 0 Å². The SMILES string of the molecule is CN(Cc1cnc2ccccc2n1)C(=O)Cn1nc2ccccc2n1. The van der Waals surface area contributed by atoms with Crippen LogP contribution in [0.5, 0.6) is 0 Å². The minimum absolute atomic E-state index is 0.0877. The molecule has 7 heteroatoms. The second kappa shape index (κ2) is 6.27. The van der Waals surface area contributed by atoms with E-state index < -0.39 is 0 Å². The molecule has 0 bridgehead atoms. The Morgan fingerprint density at radius 2 is 1.56 bits per heavy atom. The molecule has 0 fully saturated rings. The Hall–Kier alpha value is -3.35. The predicted octanol–water partition coefficient (Wildman–Crippen LogP) is 2.03. The lowest BCUT2D eigenvalue weighted by atomic mass is 10.3. The number of nitrogens with zero attached hydrogens (tertiary/aromatic N) is 6. The second-order valence-electron chi connectivity index (χ2n) is 5.82. The van der Waals surface area contributed by atoms with E-state index in [1.54, 1.807) is 18.1 Å². The fraction of sp³-hybridized carbons (Fsp3) is 0.167. The van der Waals surface area contributed by atoms with E-state index >= 15 is 0 Å². The second-order valence-corrected chi connectivity index (χ2v) is 5.82. The van der Waals surface area contributed by atoms with Crippen LogP contribution in [-0.4, -0.2) is 42.8 Å². The monoisotopic (exact) mass is 332 g/mol. The summed E-state index contributed by atoms with van der Waals surface area (Å²) in [7, 11) is 1.74. The molecule has 0 spiro atoms. The van der Waals surface area contributed by atoms with E-state index in [0.29, 0.717) is 6.54 Å². The van der Waals surface area contributed by atoms with Crippen LogP contribution in [0.3, 0.4) is 0 Å². The van der Waals surface area contributed by atoms with Crippen LogP contribution in [0.2, 0.25) is 0 Å². The molecule has 25 heavy (non-hydrogen) atoms. The number of likely N-dealkylation sites (N-methyl/N-ethyl adjacent to an activating group) is 1. The van der Waals surface area contributed by atoms with Crippen molar-refractivity contribution in [3.8, 4) is 0 Å². The maximum absolute atomic E-state index is 12.4. The molecule has 0 unspecified atom stereocenters. The molecule has 7 nitrogen and oxygen atoms in total. The van der Waals surface area contributed by atoms with E-state index in [4.69, 9.17) is 0 Å². The van der Waals surface area contributed by atoms with Crippen molar-refractivity contribution in [1.82, 2.24) is 29.9 Å². The zero-order valence-electron chi connectivity index (χ0n) is 13.7. The van der Waals surface area contributed by atoms with E-state index in [1.165, 1.54) is 4.80 Å². The predicted molar refractivity (Wildman–Crippen MR) is 93.5 cm³/mol. The molecule has 4 rings (SSSR count). The van der Waals surface area contributed by atoms with Gasteiger partial charge in [0.1, 0.15) is 17.6 Å². The number of fused-ring (bicyclic) bond motifs is 2. The average molecular weight is 332 g/mol. The summed E-state index contributed by atoms with van der Waals surface area (Å²) in [4.78, 5) is 24.4. The van der Waals surface area contributed by atoms with Gasteiger partial charge in [0.2, 0.25) is 5.91 Å². The van der Waals surface area contributed by atoms with Gasteiger partial charge in [-0.3, -0.25) is 9.78 Å². The average Bonchev–Trinajstić information content (AvgIpc) is 3.03. The van der Waals surface area contributed by atoms with Gasteiger partial charge in [-0.05, 0) is 24.3 Å². The van der Waals surface area contributed by atoms with E-state index in [9.17, 15) is 4.79 Å². The highest BCUT2D eigenvalue weighted by atomic mass is 16.2. The lowest BCUT2D eigenvalue weighted by molar-refractivity contribution is -0.131. The van der Waals surface area contributed by atoms with Crippen LogP contribution in [0.25, 0.3) is 22.1 Å². The number of hydrogen-bond acceptors (Lipinski definition) is 5. The van der Waals surface area contributed by atoms with Gasteiger partial charge in [0.25, 0.3) is 0 Å². The molecule has 0 saturated heterocycles. The molecule has 124 valence electrons. The molecule has 0 aliphatic rings. The molecule has 0 N–H and O–H groups in total. The van der Waals surface area contributed by atoms with Crippen molar-refractivity contribution in [1.29, 1.82) is 0 Å². The fourth-order valence-electron chi connectivity index (χ4n) is 2.62. The van der Waals surface area contributed by atoms with E-state index in [-0.39, 0.29) is 12.5 Å². The Labute approximate surface area is 143 Å². The summed E-state index contributed by atoms with van der Waals surface area (Å²) in [6.45, 7) is 0.476. The van der Waals surface area contributed by atoms with Gasteiger partial charge in [0.15, 0.2) is 0 Å². The number of para-hydroxylation sites is 2. The number of hydrogen-bond donors (Lipinski definition) is 0. The molecule has 2 aromatic carbocycles. The lowest BCUT2D eigenvalue weighted by Crippen LogP contribution is -2.30. The highest BCUT2D eigenvalue weighted by molar-refractivity contribution is 5.77. The molecule has 2 heterocycles. The number of rotatable bonds is 4. The van der Waals surface area contributed by atoms with Gasteiger partial charge >= 0.3 is 0 Å². The first-order valence-corrected chi connectivity index (χ1v) is 7.93. The minimum atomic E-state index is -0.0877. The lowest BCUT2D eigenvalue weighted by Gasteiger charge is -2.16. The summed E-state index contributed by atoms with van der Waals surface area (Å²) in [5, 5.41) is 8.63. The van der Waals surface area contributed by atoms with Gasteiger partial charge in [-0.1, -0.05) is 24.3 Å². The molecule has 2 aromatic heterocycles. The third kappa shape index (κ3) is 3.16. The van der Waals surface area contributed by atoms with Gasteiger partial charge in [0, 0.05) is 7.05 Å². The molecule has 0 atom stereocenters. The number of benzene rings is 2. The van der Waals surface area contributed by atoms with Crippen molar-refractivity contribution in [3.05, 3.63) is 60.4 Å². The number of amides is 1. The standard InChI is InChI=1S/C18H16N6O/c1-23(11-13-10-19-14-6-2-3-7-15(14)20-13)18(25)12-24-21-16-8-4-5-9-17(16)22-24/h2-10H,11-12H2,1H3. The zero-order valence-corrected chi connectivity index (χ0v) is 13.7. The summed E-state index contributed by atoms with van der Waals surface area (Å²) < 4.78 is 0. The Bertz CT molecular complexity index is 1020. The van der Waals surface area contributed by atoms with Gasteiger partial charge in [-0.15, -0.1) is 0 Å². The summed E-state index contributed by atoms with van der Waals surface area (Å²) in [6, 6.07) is 15.2. The summed E-state index contributed by atoms with van der Waals surface area (Å²) in [5.41, 5.74) is 3.96. The van der Waals surface area contributed by atoms with Crippen LogP contribution >= 0.6 is 0 Å². The molecular weight excluding hydrogens is 316 g/mol. The number of carbonyl (C=O) groups excluding carboxylic acids is 1. The molecular formula is C18H16N6O. The zero-order chi connectivity index (χ0) is 17.2. The van der Waals surface area contributed by atoms with Crippen molar-refractivity contribution in [3.63, 3.8) is 0 Å². The van der Waals surface area contributed by atoms with E-state index in [2.05, 4.69) is 20.2 Å². The Morgan fingerprint density at radius 1 is 0.960 bits per heavy atom. The van der Waals surface area contributed by atoms with Crippen LogP contribution in [0.15, 0.2) is 54.7 Å². The number of carbonyl (C=O) groups is 1. The van der Waals surface area contributed by atoms with Crippen LogP contribution in [0.4, 0.5) is 0 Å². The van der Waals surface area contributed by atoms with Gasteiger partial charge in [0.05, 0.1) is 29.5 Å². The summed E-state index contributed by atoms with van der Waals surface area (Å²) >= 11 is 0. The Morgan fingerprint density at radius 3 is 2.24 bits per heavy atom. The van der Waals surface area contributed by atoms with Crippen molar-refractivity contribution in [2.45, 2.75) is 13.1 Å². The fourth-order valence-corrected chi connectivity index (χ4v) is 2.62. The minimum Gasteiger partial charge on any atom is -0.338 e. The normalized spacial score (nSPS) is 11.1. The first kappa shape index (κ1) is 15.2. The topological polar surface area (TPSA) is 76.8 Å².